The van der Waals surface area contributed by atoms with Crippen LogP contribution in [-0.2, 0) is 0 Å². The topological polar surface area (TPSA) is 70.6 Å². The number of oxime groups is 1. The van der Waals surface area contributed by atoms with Crippen molar-refractivity contribution in [2.45, 2.75) is 49.4 Å². The van der Waals surface area contributed by atoms with E-state index in [9.17, 15) is 0 Å². The third-order valence-corrected chi connectivity index (χ3v) is 5.23. The molecule has 0 saturated heterocycles. The van der Waals surface area contributed by atoms with Gasteiger partial charge >= 0.3 is 0 Å². The quantitative estimate of drug-likeness (QED) is 0.327. The van der Waals surface area contributed by atoms with Crippen LogP contribution in [0.15, 0.2) is 35.5 Å². The Hall–Kier alpha value is -1.20. The molecule has 3 unspecified atom stereocenters. The summed E-state index contributed by atoms with van der Waals surface area (Å²) in [7, 11) is 0. The number of nitrogens with one attached hydrogen (secondary N) is 1. The summed E-state index contributed by atoms with van der Waals surface area (Å²) in [5.74, 6) is 0.272. The summed E-state index contributed by atoms with van der Waals surface area (Å²) in [6.45, 7) is 0. The molecule has 3 atom stereocenters. The number of hydrogen-bond acceptors (Lipinski definition) is 4. The van der Waals surface area contributed by atoms with E-state index in [-0.39, 0.29) is 11.9 Å². The molecule has 116 valence electrons. The van der Waals surface area contributed by atoms with Crippen LogP contribution < -0.4 is 11.1 Å². The van der Waals surface area contributed by atoms with E-state index >= 15 is 0 Å². The fourth-order valence-electron chi connectivity index (χ4n) is 3.00. The van der Waals surface area contributed by atoms with Gasteiger partial charge < -0.3 is 16.3 Å². The maximum atomic E-state index is 8.85. The minimum absolute atomic E-state index is 0.104. The number of rotatable bonds is 6. The van der Waals surface area contributed by atoms with E-state index in [4.69, 9.17) is 10.9 Å². The molecular formula is C16H25N3OS. The largest absolute Gasteiger partial charge is 0.409 e. The molecule has 0 bridgehead atoms. The van der Waals surface area contributed by atoms with Gasteiger partial charge in [-0.3, -0.25) is 0 Å². The van der Waals surface area contributed by atoms with Gasteiger partial charge in [-0.2, -0.15) is 11.8 Å². The molecule has 1 fully saturated rings. The predicted octanol–water partition coefficient (Wildman–Crippen LogP) is 3.13. The molecule has 0 amide bonds. The smallest absolute Gasteiger partial charge is 0.141 e. The molecule has 1 aliphatic rings. The van der Waals surface area contributed by atoms with Crippen molar-refractivity contribution in [2.24, 2.45) is 10.9 Å². The van der Waals surface area contributed by atoms with E-state index in [1.54, 1.807) is 0 Å². The van der Waals surface area contributed by atoms with Crippen LogP contribution >= 0.6 is 11.8 Å². The van der Waals surface area contributed by atoms with Crippen molar-refractivity contribution in [3.05, 3.63) is 35.9 Å². The molecule has 5 heteroatoms. The lowest BCUT2D eigenvalue weighted by molar-refractivity contribution is 0.312. The summed E-state index contributed by atoms with van der Waals surface area (Å²) in [6.07, 6.45) is 7.71. The average Bonchev–Trinajstić information content (AvgIpc) is 2.55. The van der Waals surface area contributed by atoms with Gasteiger partial charge in [-0.15, -0.1) is 0 Å². The van der Waals surface area contributed by atoms with Gasteiger partial charge in [0.25, 0.3) is 0 Å². The predicted molar refractivity (Wildman–Crippen MR) is 89.9 cm³/mol. The molecule has 0 aromatic heterocycles. The number of nitrogens with two attached hydrogens (primary N) is 1. The van der Waals surface area contributed by atoms with Crippen molar-refractivity contribution in [1.82, 2.24) is 5.32 Å². The standard InChI is InChI=1S/C16H25N3OS/c1-21-14-9-5-8-13(10-14)18-15(11-16(17)19-20)12-6-3-2-4-7-12/h2-4,6-7,13-15,18,20H,5,8-11H2,1H3,(H2,17,19). The van der Waals surface area contributed by atoms with Crippen molar-refractivity contribution in [1.29, 1.82) is 0 Å². The van der Waals surface area contributed by atoms with Crippen LogP contribution in [0.3, 0.4) is 0 Å². The minimum Gasteiger partial charge on any atom is -0.409 e. The number of amidine groups is 1. The van der Waals surface area contributed by atoms with Crippen LogP contribution in [0.25, 0.3) is 0 Å². The van der Waals surface area contributed by atoms with Crippen LogP contribution in [0.5, 0.6) is 0 Å². The van der Waals surface area contributed by atoms with Crippen molar-refractivity contribution < 1.29 is 5.21 Å². The number of benzene rings is 1. The summed E-state index contributed by atoms with van der Waals surface area (Å²) in [5.41, 5.74) is 6.92. The Balaban J connectivity index is 2.05. The molecular weight excluding hydrogens is 282 g/mol. The second kappa shape index (κ2) is 8.29. The van der Waals surface area contributed by atoms with Crippen molar-refractivity contribution in [3.8, 4) is 0 Å². The average molecular weight is 307 g/mol. The Morgan fingerprint density at radius 1 is 1.43 bits per heavy atom. The molecule has 0 radical (unpaired) electrons. The first-order valence-electron chi connectivity index (χ1n) is 7.53. The summed E-state index contributed by atoms with van der Waals surface area (Å²) in [5, 5.41) is 16.4. The Kier molecular flexibility index (Phi) is 6.39. The van der Waals surface area contributed by atoms with Gasteiger partial charge in [0, 0.05) is 23.8 Å². The zero-order valence-corrected chi connectivity index (χ0v) is 13.4. The third-order valence-electron chi connectivity index (χ3n) is 4.14. The lowest BCUT2D eigenvalue weighted by Gasteiger charge is -2.32. The van der Waals surface area contributed by atoms with Gasteiger partial charge in [0.15, 0.2) is 0 Å². The second-order valence-corrected chi connectivity index (χ2v) is 6.78. The highest BCUT2D eigenvalue weighted by atomic mass is 32.2. The highest BCUT2D eigenvalue weighted by Gasteiger charge is 2.24. The van der Waals surface area contributed by atoms with E-state index in [1.807, 2.05) is 30.0 Å². The fraction of sp³-hybridized carbons (Fsp3) is 0.562. The van der Waals surface area contributed by atoms with Crippen LogP contribution in [0.4, 0.5) is 0 Å². The first kappa shape index (κ1) is 16.2. The number of hydrogen-bond donors (Lipinski definition) is 3. The monoisotopic (exact) mass is 307 g/mol. The van der Waals surface area contributed by atoms with Crippen molar-refractivity contribution in [2.75, 3.05) is 6.26 Å². The molecule has 1 aromatic carbocycles. The molecule has 21 heavy (non-hydrogen) atoms. The molecule has 0 aliphatic heterocycles. The number of thioether (sulfide) groups is 1. The van der Waals surface area contributed by atoms with Crippen LogP contribution in [0.2, 0.25) is 0 Å². The summed E-state index contributed by atoms with van der Waals surface area (Å²) in [6, 6.07) is 10.9. The molecule has 1 saturated carbocycles. The summed E-state index contributed by atoms with van der Waals surface area (Å²) < 4.78 is 0. The molecule has 1 aliphatic carbocycles. The lowest BCUT2D eigenvalue weighted by atomic mass is 9.92. The minimum atomic E-state index is 0.104. The first-order valence-corrected chi connectivity index (χ1v) is 8.82. The van der Waals surface area contributed by atoms with Crippen LogP contribution in [-0.4, -0.2) is 28.6 Å². The van der Waals surface area contributed by atoms with Crippen molar-refractivity contribution >= 4 is 17.6 Å². The Morgan fingerprint density at radius 2 is 2.19 bits per heavy atom. The molecule has 2 rings (SSSR count). The highest BCUT2D eigenvalue weighted by Crippen LogP contribution is 2.29. The first-order chi connectivity index (χ1) is 10.2. The van der Waals surface area contributed by atoms with Crippen LogP contribution in [0.1, 0.15) is 43.7 Å². The molecule has 1 aromatic rings. The Bertz CT molecular complexity index is 452. The van der Waals surface area contributed by atoms with E-state index in [0.29, 0.717) is 12.5 Å². The maximum Gasteiger partial charge on any atom is 0.141 e. The Labute approximate surface area is 131 Å². The van der Waals surface area contributed by atoms with Crippen molar-refractivity contribution in [3.63, 3.8) is 0 Å². The zero-order chi connectivity index (χ0) is 15.1. The maximum absolute atomic E-state index is 8.85. The third kappa shape index (κ3) is 4.93. The van der Waals surface area contributed by atoms with Gasteiger partial charge in [0.05, 0.1) is 0 Å². The van der Waals surface area contributed by atoms with E-state index in [0.717, 1.165) is 5.25 Å². The second-order valence-electron chi connectivity index (χ2n) is 5.65. The fourth-order valence-corrected chi connectivity index (χ4v) is 3.83. The Morgan fingerprint density at radius 3 is 2.86 bits per heavy atom. The molecule has 4 N–H and O–H groups in total. The van der Waals surface area contributed by atoms with Gasteiger partial charge in [-0.1, -0.05) is 41.9 Å². The van der Waals surface area contributed by atoms with E-state index < -0.39 is 0 Å². The lowest BCUT2D eigenvalue weighted by Crippen LogP contribution is -2.39. The summed E-state index contributed by atoms with van der Waals surface area (Å²) in [4.78, 5) is 0. The molecule has 0 heterocycles. The molecule has 0 spiro atoms. The van der Waals surface area contributed by atoms with Gasteiger partial charge in [0.2, 0.25) is 0 Å². The van der Waals surface area contributed by atoms with Gasteiger partial charge in [-0.25, -0.2) is 0 Å². The van der Waals surface area contributed by atoms with Gasteiger partial charge in [-0.05, 0) is 31.1 Å². The van der Waals surface area contributed by atoms with Gasteiger partial charge in [0.1, 0.15) is 5.84 Å². The van der Waals surface area contributed by atoms with Crippen LogP contribution in [0, 0.1) is 0 Å². The van der Waals surface area contributed by atoms with E-state index in [1.165, 1.54) is 31.2 Å². The normalized spacial score (nSPS) is 24.7. The SMILES string of the molecule is CSC1CCCC(NC(C/C(N)=N/O)c2ccccc2)C1. The summed E-state index contributed by atoms with van der Waals surface area (Å²) >= 11 is 1.96. The van der Waals surface area contributed by atoms with E-state index in [2.05, 4.69) is 28.9 Å². The highest BCUT2D eigenvalue weighted by molar-refractivity contribution is 7.99. The number of nitrogens with zero attached hydrogens (tertiary/aromatic N) is 1. The zero-order valence-electron chi connectivity index (χ0n) is 12.5. The molecule has 4 nitrogen and oxygen atoms in total.